The fraction of sp³-hybridized carbons (Fsp3) is 0.346. The van der Waals surface area contributed by atoms with Crippen molar-refractivity contribution in [2.75, 3.05) is 6.79 Å². The van der Waals surface area contributed by atoms with Crippen molar-refractivity contribution >= 4 is 28.7 Å². The fourth-order valence-electron chi connectivity index (χ4n) is 5.25. The highest BCUT2D eigenvalue weighted by molar-refractivity contribution is 6.04. The second-order valence-electron chi connectivity index (χ2n) is 9.23. The number of nitrogens with one attached hydrogen (secondary N) is 3. The first kappa shape index (κ1) is 21.5. The van der Waals surface area contributed by atoms with Gasteiger partial charge >= 0.3 is 6.03 Å². The number of carbonyl (C=O) groups excluding carboxylic acids is 3. The minimum atomic E-state index is -0.711. The molecule has 2 aliphatic heterocycles. The molecule has 3 N–H and O–H groups in total. The van der Waals surface area contributed by atoms with Gasteiger partial charge in [-0.3, -0.25) is 14.5 Å². The summed E-state index contributed by atoms with van der Waals surface area (Å²) in [6.45, 7) is 0.295. The first-order valence-corrected chi connectivity index (χ1v) is 12.0. The van der Waals surface area contributed by atoms with Gasteiger partial charge in [-0.2, -0.15) is 0 Å². The molecule has 1 fully saturated rings. The van der Waals surface area contributed by atoms with Gasteiger partial charge in [0.2, 0.25) is 12.7 Å². The molecule has 3 aromatic rings. The number of hydrogen-bond donors (Lipinski definition) is 3. The van der Waals surface area contributed by atoms with Crippen LogP contribution in [0.3, 0.4) is 0 Å². The van der Waals surface area contributed by atoms with Crippen LogP contribution in [0.5, 0.6) is 11.5 Å². The molecule has 2 atom stereocenters. The molecule has 0 radical (unpaired) electrons. The minimum absolute atomic E-state index is 0.0740. The predicted octanol–water partition coefficient (Wildman–Crippen LogP) is 3.29. The Morgan fingerprint density at radius 3 is 2.89 bits per heavy atom. The Bertz CT molecular complexity index is 1330. The fourth-order valence-corrected chi connectivity index (χ4v) is 5.25. The van der Waals surface area contributed by atoms with Crippen LogP contribution in [0.25, 0.3) is 10.9 Å². The quantitative estimate of drug-likeness (QED) is 0.475. The van der Waals surface area contributed by atoms with Gasteiger partial charge in [-0.05, 0) is 55.0 Å². The number of aryl methyl sites for hydroxylation is 1. The van der Waals surface area contributed by atoms with Crippen molar-refractivity contribution in [3.05, 3.63) is 59.3 Å². The zero-order chi connectivity index (χ0) is 23.9. The number of nitrogens with zero attached hydrogens (tertiary/aromatic N) is 1. The average molecular weight is 475 g/mol. The SMILES string of the molecule is O=C(CC[C@H]1NC(=O)N(Cc2ccc3c(c2)OCO3)C1=O)N[C@H]1CCCc2c1[nH]c1ccccc21. The van der Waals surface area contributed by atoms with E-state index in [1.165, 1.54) is 15.8 Å². The molecule has 1 saturated heterocycles. The van der Waals surface area contributed by atoms with Crippen LogP contribution in [-0.4, -0.2) is 40.6 Å². The predicted molar refractivity (Wildman–Crippen MR) is 127 cm³/mol. The van der Waals surface area contributed by atoms with Gasteiger partial charge in [0, 0.05) is 23.0 Å². The molecule has 0 saturated carbocycles. The number of para-hydroxylation sites is 1. The van der Waals surface area contributed by atoms with E-state index in [0.717, 1.165) is 36.0 Å². The van der Waals surface area contributed by atoms with Crippen LogP contribution in [0.2, 0.25) is 0 Å². The van der Waals surface area contributed by atoms with E-state index in [4.69, 9.17) is 9.47 Å². The molecule has 180 valence electrons. The maximum absolute atomic E-state index is 12.9. The number of benzene rings is 2. The first-order valence-electron chi connectivity index (χ1n) is 12.0. The van der Waals surface area contributed by atoms with Crippen molar-refractivity contribution in [1.82, 2.24) is 20.5 Å². The molecule has 3 aliphatic rings. The Labute approximate surface area is 201 Å². The smallest absolute Gasteiger partial charge is 0.325 e. The number of hydrogen-bond acceptors (Lipinski definition) is 5. The monoisotopic (exact) mass is 474 g/mol. The van der Waals surface area contributed by atoms with E-state index in [-0.39, 0.29) is 44.0 Å². The van der Waals surface area contributed by atoms with Crippen LogP contribution in [0.1, 0.15) is 48.5 Å². The number of urea groups is 1. The molecule has 0 bridgehead atoms. The van der Waals surface area contributed by atoms with Crippen molar-refractivity contribution in [2.24, 2.45) is 0 Å². The summed E-state index contributed by atoms with van der Waals surface area (Å²) in [4.78, 5) is 42.7. The third-order valence-electron chi connectivity index (χ3n) is 6.99. The maximum Gasteiger partial charge on any atom is 0.325 e. The van der Waals surface area contributed by atoms with Crippen molar-refractivity contribution in [2.45, 2.75) is 50.7 Å². The molecule has 2 aromatic carbocycles. The molecule has 1 aromatic heterocycles. The standard InChI is InChI=1S/C26H26N4O5/c31-23(27-19-7-3-5-17-16-4-1-2-6-18(16)28-24(17)19)11-9-20-25(32)30(26(33)29-20)13-15-8-10-21-22(12-15)35-14-34-21/h1-2,4,6,8,10,12,19-20,28H,3,5,7,9,11,13-14H2,(H,27,31)(H,29,33)/t19-,20+/m0/s1. The van der Waals surface area contributed by atoms with E-state index in [2.05, 4.69) is 27.8 Å². The Morgan fingerprint density at radius 2 is 1.97 bits per heavy atom. The van der Waals surface area contributed by atoms with Gasteiger partial charge in [0.05, 0.1) is 12.6 Å². The number of H-pyrrole nitrogens is 1. The lowest BCUT2D eigenvalue weighted by Crippen LogP contribution is -2.34. The molecule has 6 rings (SSSR count). The molecule has 3 heterocycles. The number of aromatic nitrogens is 1. The van der Waals surface area contributed by atoms with E-state index < -0.39 is 12.1 Å². The minimum Gasteiger partial charge on any atom is -0.454 e. The second kappa shape index (κ2) is 8.65. The lowest BCUT2D eigenvalue weighted by molar-refractivity contribution is -0.128. The lowest BCUT2D eigenvalue weighted by Gasteiger charge is -2.24. The van der Waals surface area contributed by atoms with Crippen LogP contribution in [0.15, 0.2) is 42.5 Å². The van der Waals surface area contributed by atoms with Crippen LogP contribution >= 0.6 is 0 Å². The summed E-state index contributed by atoms with van der Waals surface area (Å²) in [6, 6.07) is 12.3. The van der Waals surface area contributed by atoms with Gasteiger partial charge in [0.25, 0.3) is 5.91 Å². The summed E-state index contributed by atoms with van der Waals surface area (Å²) in [6.07, 6.45) is 3.27. The van der Waals surface area contributed by atoms with E-state index in [1.807, 2.05) is 12.1 Å². The van der Waals surface area contributed by atoms with Gasteiger partial charge in [-0.25, -0.2) is 4.79 Å². The maximum atomic E-state index is 12.9. The number of rotatable bonds is 6. The van der Waals surface area contributed by atoms with Crippen molar-refractivity contribution in [3.8, 4) is 11.5 Å². The molecule has 9 nitrogen and oxygen atoms in total. The number of aromatic amines is 1. The third-order valence-corrected chi connectivity index (χ3v) is 6.99. The number of imide groups is 1. The van der Waals surface area contributed by atoms with Gasteiger partial charge in [0.15, 0.2) is 11.5 Å². The zero-order valence-electron chi connectivity index (χ0n) is 19.1. The van der Waals surface area contributed by atoms with E-state index in [9.17, 15) is 14.4 Å². The van der Waals surface area contributed by atoms with Crippen molar-refractivity contribution in [1.29, 1.82) is 0 Å². The summed E-state index contributed by atoms with van der Waals surface area (Å²) in [5, 5.41) is 7.05. The highest BCUT2D eigenvalue weighted by Gasteiger charge is 2.38. The summed E-state index contributed by atoms with van der Waals surface area (Å²) in [5.74, 6) is 0.796. The first-order chi connectivity index (χ1) is 17.1. The van der Waals surface area contributed by atoms with E-state index in [0.29, 0.717) is 11.5 Å². The summed E-state index contributed by atoms with van der Waals surface area (Å²) >= 11 is 0. The molecule has 1 aliphatic carbocycles. The molecule has 4 amide bonds. The van der Waals surface area contributed by atoms with E-state index >= 15 is 0 Å². The second-order valence-corrected chi connectivity index (χ2v) is 9.23. The molecule has 0 spiro atoms. The highest BCUT2D eigenvalue weighted by Crippen LogP contribution is 2.35. The third kappa shape index (κ3) is 3.96. The number of ether oxygens (including phenoxy) is 2. The zero-order valence-corrected chi connectivity index (χ0v) is 19.1. The topological polar surface area (TPSA) is 113 Å². The molecule has 9 heteroatoms. The number of amides is 4. The van der Waals surface area contributed by atoms with Gasteiger partial charge in [-0.1, -0.05) is 24.3 Å². The Hall–Kier alpha value is -4.01. The Morgan fingerprint density at radius 1 is 1.11 bits per heavy atom. The summed E-state index contributed by atoms with van der Waals surface area (Å²) in [5.41, 5.74) is 4.20. The normalized spacial score (nSPS) is 20.7. The van der Waals surface area contributed by atoms with Crippen LogP contribution in [0, 0.1) is 0 Å². The number of carbonyl (C=O) groups is 3. The van der Waals surface area contributed by atoms with Gasteiger partial charge in [0.1, 0.15) is 6.04 Å². The van der Waals surface area contributed by atoms with Crippen molar-refractivity contribution in [3.63, 3.8) is 0 Å². The van der Waals surface area contributed by atoms with Crippen LogP contribution < -0.4 is 20.1 Å². The van der Waals surface area contributed by atoms with Crippen molar-refractivity contribution < 1.29 is 23.9 Å². The Kier molecular flexibility index (Phi) is 5.32. The van der Waals surface area contributed by atoms with Gasteiger partial charge < -0.3 is 25.1 Å². The highest BCUT2D eigenvalue weighted by atomic mass is 16.7. The summed E-state index contributed by atoms with van der Waals surface area (Å²) in [7, 11) is 0. The van der Waals surface area contributed by atoms with Crippen LogP contribution in [-0.2, 0) is 22.6 Å². The Balaban J connectivity index is 1.06. The lowest BCUT2D eigenvalue weighted by atomic mass is 9.91. The van der Waals surface area contributed by atoms with Gasteiger partial charge in [-0.15, -0.1) is 0 Å². The van der Waals surface area contributed by atoms with Crippen LogP contribution in [0.4, 0.5) is 4.79 Å². The molecule has 0 unspecified atom stereocenters. The number of fused-ring (bicyclic) bond motifs is 4. The molecule has 35 heavy (non-hydrogen) atoms. The van der Waals surface area contributed by atoms with E-state index in [1.54, 1.807) is 18.2 Å². The largest absolute Gasteiger partial charge is 0.454 e. The molecular formula is C26H26N4O5. The molecular weight excluding hydrogens is 448 g/mol. The average Bonchev–Trinajstić information content (AvgIpc) is 3.55. The summed E-state index contributed by atoms with van der Waals surface area (Å²) < 4.78 is 10.7.